The predicted octanol–water partition coefficient (Wildman–Crippen LogP) is 6.98. The molecule has 0 saturated carbocycles. The summed E-state index contributed by atoms with van der Waals surface area (Å²) < 4.78 is 109. The van der Waals surface area contributed by atoms with Gasteiger partial charge in [0.15, 0.2) is 5.82 Å². The Labute approximate surface area is 260 Å². The van der Waals surface area contributed by atoms with Gasteiger partial charge in [-0.2, -0.15) is 26.3 Å². The number of aliphatic hydroxyl groups is 1. The van der Waals surface area contributed by atoms with Crippen LogP contribution in [0.1, 0.15) is 86.1 Å². The first-order chi connectivity index (χ1) is 21.3. The molecule has 2 aliphatic heterocycles. The fraction of sp³-hybridized carbons (Fsp3) is 0.516. The summed E-state index contributed by atoms with van der Waals surface area (Å²) in [5.74, 6) is -0.313. The van der Waals surface area contributed by atoms with E-state index in [2.05, 4.69) is 10.2 Å². The van der Waals surface area contributed by atoms with Crippen molar-refractivity contribution in [1.82, 2.24) is 19.7 Å². The lowest BCUT2D eigenvalue weighted by molar-refractivity contribution is -0.143. The first kappa shape index (κ1) is 33.6. The normalized spacial score (nSPS) is 22.9. The number of alkyl halides is 6. The molecular weight excluding hydrogens is 625 g/mol. The quantitative estimate of drug-likeness (QED) is 0.298. The van der Waals surface area contributed by atoms with E-state index in [9.17, 15) is 40.6 Å². The Bertz CT molecular complexity index is 1530. The fourth-order valence-corrected chi connectivity index (χ4v) is 5.89. The maximum atomic E-state index is 13.9. The third-order valence-electron chi connectivity index (χ3n) is 8.03. The molecule has 2 aliphatic rings. The standard InChI is InChI=1S/C31H33F7N4O4/c1-16(18-9-19(30(33,34)35)11-20(10-18)31(36,37)38)45-25-13-26-39-40-27(42(26)15-23(25)17-5-7-21(32)8-6-17)24-12-22(43)14-41(24)28(44)46-29(2,3)4/h5-11,16,22-25,43H,12-15H2,1-4H3/t16-,22-,23-,24+,25+/m1/s1. The minimum absolute atomic E-state index is 0.00329. The Morgan fingerprint density at radius 3 is 2.13 bits per heavy atom. The highest BCUT2D eigenvalue weighted by Gasteiger charge is 2.43. The molecule has 8 nitrogen and oxygen atoms in total. The molecule has 1 saturated heterocycles. The highest BCUT2D eigenvalue weighted by molar-refractivity contribution is 5.69. The lowest BCUT2D eigenvalue weighted by Crippen LogP contribution is -2.39. The van der Waals surface area contributed by atoms with Gasteiger partial charge in [-0.3, -0.25) is 4.90 Å². The minimum atomic E-state index is -5.02. The average molecular weight is 659 g/mol. The minimum Gasteiger partial charge on any atom is -0.444 e. The number of carbonyl (C=O) groups excluding carboxylic acids is 1. The number of halogens is 7. The van der Waals surface area contributed by atoms with Crippen molar-refractivity contribution in [3.8, 4) is 0 Å². The Kier molecular flexibility index (Phi) is 8.88. The van der Waals surface area contributed by atoms with Crippen molar-refractivity contribution in [2.75, 3.05) is 6.54 Å². The van der Waals surface area contributed by atoms with Crippen LogP contribution in [0.25, 0.3) is 0 Å². The lowest BCUT2D eigenvalue weighted by atomic mass is 9.88. The van der Waals surface area contributed by atoms with Gasteiger partial charge in [-0.25, -0.2) is 9.18 Å². The zero-order valence-corrected chi connectivity index (χ0v) is 25.4. The first-order valence-electron chi connectivity index (χ1n) is 14.6. The van der Waals surface area contributed by atoms with Crippen LogP contribution in [0.3, 0.4) is 0 Å². The molecule has 0 bridgehead atoms. The number of fused-ring (bicyclic) bond motifs is 1. The molecule has 1 aromatic heterocycles. The Balaban J connectivity index is 1.49. The van der Waals surface area contributed by atoms with E-state index in [1.807, 2.05) is 0 Å². The van der Waals surface area contributed by atoms with Crippen LogP contribution in [-0.4, -0.2) is 55.2 Å². The summed E-state index contributed by atoms with van der Waals surface area (Å²) in [5.41, 5.74) is -3.43. The van der Waals surface area contributed by atoms with E-state index in [1.54, 1.807) is 25.3 Å². The largest absolute Gasteiger partial charge is 0.444 e. The van der Waals surface area contributed by atoms with Gasteiger partial charge in [-0.15, -0.1) is 10.2 Å². The van der Waals surface area contributed by atoms with Gasteiger partial charge >= 0.3 is 18.4 Å². The number of benzene rings is 2. The summed E-state index contributed by atoms with van der Waals surface area (Å²) in [6.45, 7) is 6.63. The van der Waals surface area contributed by atoms with Gasteiger partial charge in [0.05, 0.1) is 42.0 Å². The Hall–Kier alpha value is -3.72. The number of rotatable bonds is 5. The number of nitrogens with zero attached hydrogens (tertiary/aromatic N) is 4. The molecule has 5 atom stereocenters. The highest BCUT2D eigenvalue weighted by atomic mass is 19.4. The van der Waals surface area contributed by atoms with Gasteiger partial charge in [-0.05, 0) is 69.2 Å². The van der Waals surface area contributed by atoms with Crippen molar-refractivity contribution in [3.05, 3.63) is 82.2 Å². The molecule has 5 rings (SSSR count). The summed E-state index contributed by atoms with van der Waals surface area (Å²) in [6, 6.07) is 6.14. The molecule has 1 N–H and O–H groups in total. The number of ether oxygens (including phenoxy) is 2. The van der Waals surface area contributed by atoms with Crippen LogP contribution >= 0.6 is 0 Å². The molecule has 3 aromatic rings. The van der Waals surface area contributed by atoms with E-state index < -0.39 is 71.3 Å². The van der Waals surface area contributed by atoms with E-state index in [1.165, 1.54) is 36.1 Å². The number of aliphatic hydroxyl groups excluding tert-OH is 1. The van der Waals surface area contributed by atoms with Crippen molar-refractivity contribution in [2.24, 2.45) is 0 Å². The second kappa shape index (κ2) is 12.1. The molecule has 250 valence electrons. The zero-order valence-electron chi connectivity index (χ0n) is 25.4. The number of β-amino-alcohol motifs (C(OH)–C–C–N with tert-alkyl or cyclic N) is 1. The maximum Gasteiger partial charge on any atom is 0.416 e. The molecular formula is C31H33F7N4O4. The van der Waals surface area contributed by atoms with E-state index >= 15 is 0 Å². The van der Waals surface area contributed by atoms with Crippen LogP contribution in [-0.2, 0) is 34.8 Å². The molecule has 0 unspecified atom stereocenters. The van der Waals surface area contributed by atoms with Crippen LogP contribution in [0.5, 0.6) is 0 Å². The summed E-state index contributed by atoms with van der Waals surface area (Å²) in [4.78, 5) is 14.4. The summed E-state index contributed by atoms with van der Waals surface area (Å²) in [7, 11) is 0. The van der Waals surface area contributed by atoms with Crippen molar-refractivity contribution >= 4 is 6.09 Å². The predicted molar refractivity (Wildman–Crippen MR) is 149 cm³/mol. The van der Waals surface area contributed by atoms with Crippen molar-refractivity contribution in [2.45, 2.75) is 95.3 Å². The molecule has 46 heavy (non-hydrogen) atoms. The number of hydrogen-bond acceptors (Lipinski definition) is 6. The molecule has 0 aliphatic carbocycles. The smallest absolute Gasteiger partial charge is 0.416 e. The monoisotopic (exact) mass is 658 g/mol. The van der Waals surface area contributed by atoms with Gasteiger partial charge in [0.2, 0.25) is 0 Å². The molecule has 0 radical (unpaired) electrons. The van der Waals surface area contributed by atoms with Crippen LogP contribution in [0.15, 0.2) is 42.5 Å². The first-order valence-corrected chi connectivity index (χ1v) is 14.6. The average Bonchev–Trinajstić information content (AvgIpc) is 3.53. The third kappa shape index (κ3) is 7.30. The molecule has 3 heterocycles. The van der Waals surface area contributed by atoms with E-state index in [0.717, 1.165) is 0 Å². The van der Waals surface area contributed by atoms with Crippen LogP contribution < -0.4 is 0 Å². The second-order valence-corrected chi connectivity index (χ2v) is 12.6. The van der Waals surface area contributed by atoms with Gasteiger partial charge in [0.1, 0.15) is 17.2 Å². The van der Waals surface area contributed by atoms with E-state index in [-0.39, 0.29) is 37.6 Å². The van der Waals surface area contributed by atoms with Crippen LogP contribution in [0.4, 0.5) is 35.5 Å². The lowest BCUT2D eigenvalue weighted by Gasteiger charge is -2.36. The topological polar surface area (TPSA) is 89.7 Å². The highest BCUT2D eigenvalue weighted by Crippen LogP contribution is 2.41. The number of likely N-dealkylation sites (tertiary alicyclic amines) is 1. The van der Waals surface area contributed by atoms with Crippen molar-refractivity contribution < 1.29 is 50.1 Å². The Morgan fingerprint density at radius 2 is 1.57 bits per heavy atom. The van der Waals surface area contributed by atoms with E-state index in [0.29, 0.717) is 29.3 Å². The molecule has 2 aromatic carbocycles. The summed E-state index contributed by atoms with van der Waals surface area (Å²) in [5, 5.41) is 19.1. The van der Waals surface area contributed by atoms with Crippen LogP contribution in [0.2, 0.25) is 0 Å². The van der Waals surface area contributed by atoms with E-state index in [4.69, 9.17) is 9.47 Å². The fourth-order valence-electron chi connectivity index (χ4n) is 5.89. The zero-order chi connectivity index (χ0) is 33.8. The summed E-state index contributed by atoms with van der Waals surface area (Å²) in [6.07, 6.45) is -13.4. The van der Waals surface area contributed by atoms with Crippen molar-refractivity contribution in [3.63, 3.8) is 0 Å². The second-order valence-electron chi connectivity index (χ2n) is 12.6. The van der Waals surface area contributed by atoms with Gasteiger partial charge < -0.3 is 19.1 Å². The van der Waals surface area contributed by atoms with Gasteiger partial charge in [-0.1, -0.05) is 12.1 Å². The number of amides is 1. The number of carbonyl (C=O) groups is 1. The van der Waals surface area contributed by atoms with Gasteiger partial charge in [0, 0.05) is 25.3 Å². The number of hydrogen-bond donors (Lipinski definition) is 1. The maximum absolute atomic E-state index is 13.9. The van der Waals surface area contributed by atoms with Crippen LogP contribution in [0, 0.1) is 5.82 Å². The third-order valence-corrected chi connectivity index (χ3v) is 8.03. The summed E-state index contributed by atoms with van der Waals surface area (Å²) >= 11 is 0. The number of aromatic nitrogens is 3. The molecule has 1 amide bonds. The SMILES string of the molecule is C[C@@H](O[C@H]1Cc2nnc([C@@H]3C[C@@H](O)CN3C(=O)OC(C)(C)C)n2C[C@@H]1c1ccc(F)cc1)c1cc(C(F)(F)F)cc(C(F)(F)F)c1. The molecule has 15 heteroatoms. The molecule has 0 spiro atoms. The Morgan fingerprint density at radius 1 is 0.957 bits per heavy atom. The van der Waals surface area contributed by atoms with Gasteiger partial charge in [0.25, 0.3) is 0 Å². The van der Waals surface area contributed by atoms with Crippen molar-refractivity contribution in [1.29, 1.82) is 0 Å². The molecule has 1 fully saturated rings.